The Hall–Kier alpha value is -1.17. The Bertz CT molecular complexity index is 636. The molecule has 0 unspecified atom stereocenters. The number of hydrogen-bond acceptors (Lipinski definition) is 3. The number of carboxylic acid groups (broad SMARTS) is 1. The van der Waals surface area contributed by atoms with Gasteiger partial charge in [-0.3, -0.25) is 0 Å². The van der Waals surface area contributed by atoms with E-state index in [0.717, 1.165) is 76.4 Å². The Morgan fingerprint density at radius 3 is 2.63 bits per heavy atom. The predicted octanol–water partition coefficient (Wildman–Crippen LogP) is 4.72. The highest BCUT2D eigenvalue weighted by molar-refractivity contribution is 6.43. The summed E-state index contributed by atoms with van der Waals surface area (Å²) in [5.74, 6) is 0.721. The van der Waals surface area contributed by atoms with Gasteiger partial charge in [0.05, 0.1) is 15.7 Å². The molecular weight excluding hydrogens is 385 g/mol. The van der Waals surface area contributed by atoms with E-state index >= 15 is 0 Å². The van der Waals surface area contributed by atoms with Gasteiger partial charge in [0.25, 0.3) is 0 Å². The van der Waals surface area contributed by atoms with Gasteiger partial charge < -0.3 is 20.2 Å². The van der Waals surface area contributed by atoms with Crippen LogP contribution in [-0.2, 0) is 0 Å². The number of amides is 1. The van der Waals surface area contributed by atoms with Crippen molar-refractivity contribution in [3.8, 4) is 0 Å². The molecule has 1 aromatic rings. The molecule has 1 aliphatic carbocycles. The van der Waals surface area contributed by atoms with Crippen molar-refractivity contribution in [2.75, 3.05) is 37.6 Å². The molecule has 1 heterocycles. The summed E-state index contributed by atoms with van der Waals surface area (Å²) in [6.07, 6.45) is 5.63. The average Bonchev–Trinajstić information content (AvgIpc) is 2.89. The molecule has 2 fully saturated rings. The smallest absolute Gasteiger partial charge is 0.404 e. The first-order valence-electron chi connectivity index (χ1n) is 9.93. The maximum absolute atomic E-state index is 10.7. The van der Waals surface area contributed by atoms with Crippen LogP contribution < -0.4 is 10.2 Å². The first-order valence-corrected chi connectivity index (χ1v) is 10.7. The predicted molar refractivity (Wildman–Crippen MR) is 111 cm³/mol. The lowest BCUT2D eigenvalue weighted by Gasteiger charge is -2.30. The molecule has 2 N–H and O–H groups in total. The van der Waals surface area contributed by atoms with Crippen molar-refractivity contribution in [2.24, 2.45) is 5.92 Å². The maximum Gasteiger partial charge on any atom is 0.404 e. The molecule has 5 nitrogen and oxygen atoms in total. The van der Waals surface area contributed by atoms with Gasteiger partial charge in [-0.25, -0.2) is 4.79 Å². The summed E-state index contributed by atoms with van der Waals surface area (Å²) in [5.41, 5.74) is 1.04. The first kappa shape index (κ1) is 20.6. The third-order valence-electron chi connectivity index (χ3n) is 5.89. The van der Waals surface area contributed by atoms with E-state index in [1.54, 1.807) is 0 Å². The Kier molecular flexibility index (Phi) is 7.50. The van der Waals surface area contributed by atoms with Gasteiger partial charge in [-0.2, -0.15) is 0 Å². The number of rotatable bonds is 5. The fraction of sp³-hybridized carbons (Fsp3) is 0.650. The van der Waals surface area contributed by atoms with Crippen molar-refractivity contribution in [3.63, 3.8) is 0 Å². The van der Waals surface area contributed by atoms with Crippen molar-refractivity contribution >= 4 is 35.0 Å². The normalized spacial score (nSPS) is 24.4. The molecule has 1 saturated heterocycles. The van der Waals surface area contributed by atoms with E-state index in [1.165, 1.54) is 6.42 Å². The van der Waals surface area contributed by atoms with Crippen molar-refractivity contribution < 1.29 is 9.90 Å². The zero-order valence-electron chi connectivity index (χ0n) is 15.7. The molecule has 0 bridgehead atoms. The SMILES string of the molecule is O=C(O)NC1CCC(CCN2CCCN(c3cccc(Cl)c3Cl)CC2)CC1. The molecule has 1 saturated carbocycles. The Balaban J connectivity index is 1.43. The summed E-state index contributed by atoms with van der Waals surface area (Å²) in [4.78, 5) is 15.6. The third-order valence-corrected chi connectivity index (χ3v) is 6.70. The van der Waals surface area contributed by atoms with Gasteiger partial charge in [-0.15, -0.1) is 0 Å². The van der Waals surface area contributed by atoms with Gasteiger partial charge >= 0.3 is 6.09 Å². The van der Waals surface area contributed by atoms with E-state index < -0.39 is 6.09 Å². The number of anilines is 1. The van der Waals surface area contributed by atoms with Crippen molar-refractivity contribution in [1.82, 2.24) is 10.2 Å². The zero-order valence-corrected chi connectivity index (χ0v) is 17.2. The van der Waals surface area contributed by atoms with Crippen molar-refractivity contribution in [2.45, 2.75) is 44.6 Å². The fourth-order valence-corrected chi connectivity index (χ4v) is 4.72. The second-order valence-electron chi connectivity index (χ2n) is 7.71. The minimum Gasteiger partial charge on any atom is -0.465 e. The molecule has 1 aromatic carbocycles. The van der Waals surface area contributed by atoms with Crippen LogP contribution in [0.3, 0.4) is 0 Å². The van der Waals surface area contributed by atoms with Gasteiger partial charge in [0.15, 0.2) is 0 Å². The van der Waals surface area contributed by atoms with E-state index in [4.69, 9.17) is 28.3 Å². The number of benzene rings is 1. The lowest BCUT2D eigenvalue weighted by molar-refractivity contribution is 0.179. The molecule has 7 heteroatoms. The fourth-order valence-electron chi connectivity index (χ4n) is 4.31. The van der Waals surface area contributed by atoms with E-state index in [1.807, 2.05) is 18.2 Å². The molecule has 1 aliphatic heterocycles. The van der Waals surface area contributed by atoms with Crippen LogP contribution in [0.4, 0.5) is 10.5 Å². The molecule has 2 aliphatic rings. The average molecular weight is 414 g/mol. The molecule has 3 rings (SSSR count). The molecule has 0 radical (unpaired) electrons. The van der Waals surface area contributed by atoms with Gasteiger partial charge in [0.1, 0.15) is 0 Å². The maximum atomic E-state index is 10.7. The highest BCUT2D eigenvalue weighted by atomic mass is 35.5. The topological polar surface area (TPSA) is 55.8 Å². The number of nitrogens with one attached hydrogen (secondary N) is 1. The van der Waals surface area contributed by atoms with Gasteiger partial charge in [0.2, 0.25) is 0 Å². The van der Waals surface area contributed by atoms with Crippen molar-refractivity contribution in [3.05, 3.63) is 28.2 Å². The monoisotopic (exact) mass is 413 g/mol. The summed E-state index contributed by atoms with van der Waals surface area (Å²) in [5, 5.41) is 12.7. The largest absolute Gasteiger partial charge is 0.465 e. The quantitative estimate of drug-likeness (QED) is 0.732. The number of hydrogen-bond donors (Lipinski definition) is 2. The van der Waals surface area contributed by atoms with Crippen LogP contribution >= 0.6 is 23.2 Å². The molecule has 0 spiro atoms. The standard InChI is InChI=1S/C20H29Cl2N3O2/c21-17-3-1-4-18(19(17)22)25-11-2-10-24(13-14-25)12-9-15-5-7-16(8-6-15)23-20(26)27/h1,3-4,15-16,23H,2,5-14H2,(H,26,27). The Morgan fingerprint density at radius 1 is 1.11 bits per heavy atom. The van der Waals surface area contributed by atoms with Crippen LogP contribution in [0.5, 0.6) is 0 Å². The molecule has 0 atom stereocenters. The van der Waals surface area contributed by atoms with E-state index in [0.29, 0.717) is 10.0 Å². The zero-order chi connectivity index (χ0) is 19.2. The highest BCUT2D eigenvalue weighted by Crippen LogP contribution is 2.33. The van der Waals surface area contributed by atoms with Crippen LogP contribution in [0.2, 0.25) is 10.0 Å². The van der Waals surface area contributed by atoms with Crippen LogP contribution in [0.1, 0.15) is 38.5 Å². The van der Waals surface area contributed by atoms with Crippen LogP contribution in [0, 0.1) is 5.92 Å². The lowest BCUT2D eigenvalue weighted by Crippen LogP contribution is -2.37. The second kappa shape index (κ2) is 9.85. The third kappa shape index (κ3) is 5.90. The van der Waals surface area contributed by atoms with Crippen molar-refractivity contribution in [1.29, 1.82) is 0 Å². The van der Waals surface area contributed by atoms with Crippen LogP contribution in [0.15, 0.2) is 18.2 Å². The number of nitrogens with zero attached hydrogens (tertiary/aromatic N) is 2. The second-order valence-corrected chi connectivity index (χ2v) is 8.50. The molecule has 1 amide bonds. The first-order chi connectivity index (χ1) is 13.0. The Morgan fingerprint density at radius 2 is 1.89 bits per heavy atom. The summed E-state index contributed by atoms with van der Waals surface area (Å²) >= 11 is 12.6. The van der Waals surface area contributed by atoms with Gasteiger partial charge in [-0.05, 0) is 69.7 Å². The Labute approximate surface area is 171 Å². The minimum atomic E-state index is -0.896. The summed E-state index contributed by atoms with van der Waals surface area (Å²) < 4.78 is 0. The van der Waals surface area contributed by atoms with Gasteiger partial charge in [0, 0.05) is 25.7 Å². The van der Waals surface area contributed by atoms with E-state index in [9.17, 15) is 4.79 Å². The van der Waals surface area contributed by atoms with Crippen LogP contribution in [0.25, 0.3) is 0 Å². The molecule has 150 valence electrons. The number of halogens is 2. The minimum absolute atomic E-state index is 0.146. The van der Waals surface area contributed by atoms with Crippen LogP contribution in [-0.4, -0.2) is 54.9 Å². The highest BCUT2D eigenvalue weighted by Gasteiger charge is 2.23. The summed E-state index contributed by atoms with van der Waals surface area (Å²) in [6, 6.07) is 5.99. The molecule has 27 heavy (non-hydrogen) atoms. The summed E-state index contributed by atoms with van der Waals surface area (Å²) in [7, 11) is 0. The van der Waals surface area contributed by atoms with E-state index in [2.05, 4.69) is 15.1 Å². The molecule has 0 aromatic heterocycles. The van der Waals surface area contributed by atoms with Gasteiger partial charge in [-0.1, -0.05) is 29.3 Å². The number of carbonyl (C=O) groups is 1. The summed E-state index contributed by atoms with van der Waals surface area (Å²) in [6.45, 7) is 5.25. The van der Waals surface area contributed by atoms with E-state index in [-0.39, 0.29) is 6.04 Å². The lowest BCUT2D eigenvalue weighted by atomic mass is 9.84. The molecular formula is C20H29Cl2N3O2.